The quantitative estimate of drug-likeness (QED) is 0.101. The van der Waals surface area contributed by atoms with Gasteiger partial charge in [-0.1, -0.05) is 42.9 Å². The number of Topliss-reactive ketones (excluding diaryl/α,β-unsaturated/α-hetero) is 1. The van der Waals surface area contributed by atoms with Crippen LogP contribution in [-0.4, -0.2) is 38.6 Å². The molecule has 0 saturated heterocycles. The van der Waals surface area contributed by atoms with E-state index in [0.717, 1.165) is 63.5 Å². The van der Waals surface area contributed by atoms with Gasteiger partial charge in [-0.3, -0.25) is 14.4 Å². The van der Waals surface area contributed by atoms with Gasteiger partial charge in [0.05, 0.1) is 6.20 Å². The Bertz CT molecular complexity index is 1830. The molecule has 0 aliphatic heterocycles. The van der Waals surface area contributed by atoms with Gasteiger partial charge < -0.3 is 9.47 Å². The van der Waals surface area contributed by atoms with Crippen LogP contribution in [0.15, 0.2) is 66.4 Å². The number of hydrogen-bond donors (Lipinski definition) is 0. The molecule has 0 unspecified atom stereocenters. The number of allylic oxidation sites excluding steroid dienone is 2. The number of esters is 1. The highest BCUT2D eigenvalue weighted by Crippen LogP contribution is 2.64. The summed E-state index contributed by atoms with van der Waals surface area (Å²) in [6.07, 6.45) is 14.1. The average Bonchev–Trinajstić information content (AvgIpc) is 3.67. The second kappa shape index (κ2) is 13.1. The third-order valence-electron chi connectivity index (χ3n) is 11.8. The number of benzene rings is 2. The number of nitrogens with zero attached hydrogens (tertiary/aromatic N) is 3. The molecule has 0 radical (unpaired) electrons. The third-order valence-corrected chi connectivity index (χ3v) is 11.8. The van der Waals surface area contributed by atoms with Crippen molar-refractivity contribution < 1.29 is 32.6 Å². The van der Waals surface area contributed by atoms with Crippen molar-refractivity contribution in [2.45, 2.75) is 84.5 Å². The van der Waals surface area contributed by atoms with Crippen molar-refractivity contribution in [3.8, 4) is 5.75 Å². The standard InChI is InChI=1S/C39H41F2N3O5/c1-38-17-15-29(20-26(38)7-10-30-31-11-14-36(46)39(31,2)18-16-32(30)38)49-37(47)22-44-21-27(42-43-44)23-48-28-8-5-25(6-9-28)35(45)13-4-24-3-12-33(40)34(41)19-24/h3-9,12-13,19,21,29-32H,10-11,14-18,20,22-23H2,1-2H3/b13-4+/t29-,30-,31-,32-,38-,39-/m0/s1. The zero-order chi connectivity index (χ0) is 34.3. The van der Waals surface area contributed by atoms with Crippen molar-refractivity contribution in [3.05, 3.63) is 94.8 Å². The number of fused-ring (bicyclic) bond motifs is 5. The Morgan fingerprint density at radius 1 is 1.00 bits per heavy atom. The first-order valence-corrected chi connectivity index (χ1v) is 17.2. The maximum absolute atomic E-state index is 13.4. The summed E-state index contributed by atoms with van der Waals surface area (Å²) in [6, 6.07) is 9.94. The van der Waals surface area contributed by atoms with E-state index in [1.807, 2.05) is 0 Å². The fraction of sp³-hybridized carbons (Fsp3) is 0.462. The van der Waals surface area contributed by atoms with Crippen molar-refractivity contribution >= 4 is 23.6 Å². The van der Waals surface area contributed by atoms with E-state index in [9.17, 15) is 23.2 Å². The molecule has 1 aromatic heterocycles. The lowest BCUT2D eigenvalue weighted by atomic mass is 9.48. The minimum absolute atomic E-state index is 0.0479. The topological polar surface area (TPSA) is 100 Å². The Balaban J connectivity index is 0.880. The monoisotopic (exact) mass is 669 g/mol. The second-order valence-electron chi connectivity index (χ2n) is 14.6. The van der Waals surface area contributed by atoms with Crippen LogP contribution >= 0.6 is 0 Å². The molecule has 8 nitrogen and oxygen atoms in total. The molecule has 3 saturated carbocycles. The smallest absolute Gasteiger partial charge is 0.328 e. The van der Waals surface area contributed by atoms with E-state index in [1.54, 1.807) is 30.5 Å². The van der Waals surface area contributed by atoms with E-state index < -0.39 is 11.6 Å². The maximum Gasteiger partial charge on any atom is 0.328 e. The molecule has 1 heterocycles. The molecular weight excluding hydrogens is 628 g/mol. The van der Waals surface area contributed by atoms with Crippen LogP contribution in [0.4, 0.5) is 8.78 Å². The highest BCUT2D eigenvalue weighted by molar-refractivity contribution is 6.06. The zero-order valence-electron chi connectivity index (χ0n) is 27.9. The molecule has 3 fully saturated rings. The Hall–Kier alpha value is -4.47. The number of hydrogen-bond acceptors (Lipinski definition) is 7. The van der Waals surface area contributed by atoms with E-state index >= 15 is 0 Å². The molecule has 256 valence electrons. The van der Waals surface area contributed by atoms with Gasteiger partial charge in [0.1, 0.15) is 36.5 Å². The Labute approximate surface area is 284 Å². The molecule has 4 aliphatic rings. The van der Waals surface area contributed by atoms with Gasteiger partial charge in [-0.25, -0.2) is 13.5 Å². The minimum Gasteiger partial charge on any atom is -0.487 e. The fourth-order valence-electron chi connectivity index (χ4n) is 9.09. The molecule has 6 atom stereocenters. The van der Waals surface area contributed by atoms with Crippen molar-refractivity contribution in [3.63, 3.8) is 0 Å². The zero-order valence-corrected chi connectivity index (χ0v) is 27.9. The molecule has 7 rings (SSSR count). The Morgan fingerprint density at radius 2 is 1.78 bits per heavy atom. The first-order chi connectivity index (χ1) is 23.5. The number of aromatic nitrogens is 3. The average molecular weight is 670 g/mol. The predicted molar refractivity (Wildman–Crippen MR) is 177 cm³/mol. The lowest BCUT2D eigenvalue weighted by Gasteiger charge is -2.56. The van der Waals surface area contributed by atoms with E-state index in [4.69, 9.17) is 9.47 Å². The van der Waals surface area contributed by atoms with E-state index in [-0.39, 0.29) is 41.8 Å². The Kier molecular flexibility index (Phi) is 8.83. The van der Waals surface area contributed by atoms with Crippen molar-refractivity contribution in [1.29, 1.82) is 0 Å². The molecule has 4 aliphatic carbocycles. The first kappa shape index (κ1) is 33.0. The third kappa shape index (κ3) is 6.49. The highest BCUT2D eigenvalue weighted by Gasteiger charge is 2.58. The van der Waals surface area contributed by atoms with Gasteiger partial charge >= 0.3 is 5.97 Å². The summed E-state index contributed by atoms with van der Waals surface area (Å²) in [5.41, 5.74) is 2.71. The summed E-state index contributed by atoms with van der Waals surface area (Å²) < 4.78 is 39.7. The summed E-state index contributed by atoms with van der Waals surface area (Å²) in [5.74, 6) is 0.0779. The molecule has 2 aromatic carbocycles. The molecule has 10 heteroatoms. The number of carbonyl (C=O) groups excluding carboxylic acids is 3. The van der Waals surface area contributed by atoms with E-state index in [1.165, 1.54) is 28.5 Å². The summed E-state index contributed by atoms with van der Waals surface area (Å²) in [7, 11) is 0. The van der Waals surface area contributed by atoms with E-state index in [0.29, 0.717) is 46.1 Å². The number of carbonyl (C=O) groups is 3. The van der Waals surface area contributed by atoms with Crippen LogP contribution < -0.4 is 4.74 Å². The fourth-order valence-corrected chi connectivity index (χ4v) is 9.09. The van der Waals surface area contributed by atoms with Gasteiger partial charge in [0, 0.05) is 23.8 Å². The van der Waals surface area contributed by atoms with Gasteiger partial charge in [-0.2, -0.15) is 0 Å². The maximum atomic E-state index is 13.4. The van der Waals surface area contributed by atoms with Crippen molar-refractivity contribution in [2.75, 3.05) is 0 Å². The molecule has 0 amide bonds. The van der Waals surface area contributed by atoms with Gasteiger partial charge in [-0.15, -0.1) is 5.10 Å². The summed E-state index contributed by atoms with van der Waals surface area (Å²) in [5, 5.41) is 8.18. The molecular formula is C39H41F2N3O5. The lowest BCUT2D eigenvalue weighted by molar-refractivity contribution is -0.152. The SMILES string of the molecule is C[C@]12CC[C@H](OC(=O)Cn3cc(COc4ccc(C(=O)/C=C/c5ccc(F)c(F)c5)cc4)nn3)CC1=CC[C@@H]1[C@@H]2CC[C@]2(C)C(=O)CC[C@@H]12. The minimum atomic E-state index is -0.976. The van der Waals surface area contributed by atoms with Gasteiger partial charge in [0.2, 0.25) is 0 Å². The van der Waals surface area contributed by atoms with Crippen LogP contribution in [0.25, 0.3) is 6.08 Å². The van der Waals surface area contributed by atoms with E-state index in [2.05, 4.69) is 30.2 Å². The van der Waals surface area contributed by atoms with Crippen LogP contribution in [0.2, 0.25) is 0 Å². The highest BCUT2D eigenvalue weighted by atomic mass is 19.2. The summed E-state index contributed by atoms with van der Waals surface area (Å²) >= 11 is 0. The van der Waals surface area contributed by atoms with Crippen molar-refractivity contribution in [2.24, 2.45) is 28.6 Å². The van der Waals surface area contributed by atoms with Crippen LogP contribution in [-0.2, 0) is 27.5 Å². The van der Waals surface area contributed by atoms with Crippen molar-refractivity contribution in [1.82, 2.24) is 15.0 Å². The van der Waals surface area contributed by atoms with Crippen LogP contribution in [0.1, 0.15) is 86.8 Å². The summed E-state index contributed by atoms with van der Waals surface area (Å²) in [4.78, 5) is 38.1. The Morgan fingerprint density at radius 3 is 2.57 bits per heavy atom. The second-order valence-corrected chi connectivity index (χ2v) is 14.6. The number of ether oxygens (including phenoxy) is 2. The molecule has 0 bridgehead atoms. The largest absolute Gasteiger partial charge is 0.487 e. The molecule has 49 heavy (non-hydrogen) atoms. The van der Waals surface area contributed by atoms with Gasteiger partial charge in [0.15, 0.2) is 17.4 Å². The number of rotatable bonds is 9. The number of ketones is 2. The van der Waals surface area contributed by atoms with Gasteiger partial charge in [-0.05, 0) is 110 Å². The summed E-state index contributed by atoms with van der Waals surface area (Å²) in [6.45, 7) is 4.68. The van der Waals surface area contributed by atoms with Gasteiger partial charge in [0.25, 0.3) is 0 Å². The van der Waals surface area contributed by atoms with Crippen LogP contribution in [0.3, 0.4) is 0 Å². The molecule has 0 N–H and O–H groups in total. The van der Waals surface area contributed by atoms with Crippen LogP contribution in [0, 0.1) is 40.2 Å². The predicted octanol–water partition coefficient (Wildman–Crippen LogP) is 7.48. The first-order valence-electron chi connectivity index (χ1n) is 17.2. The normalized spacial score (nSPS) is 29.1. The number of halogens is 2. The van der Waals surface area contributed by atoms with Crippen LogP contribution in [0.5, 0.6) is 5.75 Å². The lowest BCUT2D eigenvalue weighted by Crippen LogP contribution is -2.50. The molecule has 0 spiro atoms. The molecule has 3 aromatic rings.